The lowest BCUT2D eigenvalue weighted by Crippen LogP contribution is -2.43. The van der Waals surface area contributed by atoms with Crippen LogP contribution in [0.4, 0.5) is 0 Å². The van der Waals surface area contributed by atoms with Crippen LogP contribution in [0.15, 0.2) is 17.5 Å². The summed E-state index contributed by atoms with van der Waals surface area (Å²) in [5.41, 5.74) is 0. The average molecular weight is 240 g/mol. The molecule has 0 bridgehead atoms. The van der Waals surface area contributed by atoms with Crippen molar-refractivity contribution in [1.82, 2.24) is 10.2 Å². The Morgan fingerprint density at radius 1 is 1.50 bits per heavy atom. The molecule has 1 rings (SSSR count). The monoisotopic (exact) mass is 240 g/mol. The maximum absolute atomic E-state index is 11.7. The van der Waals surface area contributed by atoms with E-state index in [0.29, 0.717) is 18.5 Å². The molecule has 0 aliphatic rings. The molecular weight excluding hydrogens is 220 g/mol. The van der Waals surface area contributed by atoms with E-state index < -0.39 is 0 Å². The summed E-state index contributed by atoms with van der Waals surface area (Å²) in [6.45, 7) is 5.03. The van der Waals surface area contributed by atoms with Gasteiger partial charge in [-0.1, -0.05) is 19.9 Å². The van der Waals surface area contributed by atoms with Crippen LogP contribution in [-0.2, 0) is 0 Å². The summed E-state index contributed by atoms with van der Waals surface area (Å²) in [5, 5.41) is 4.90. The van der Waals surface area contributed by atoms with Crippen LogP contribution in [0, 0.1) is 5.92 Å². The van der Waals surface area contributed by atoms with Gasteiger partial charge in [-0.15, -0.1) is 11.3 Å². The molecule has 1 atom stereocenters. The highest BCUT2D eigenvalue weighted by molar-refractivity contribution is 7.12. The van der Waals surface area contributed by atoms with Crippen molar-refractivity contribution >= 4 is 17.2 Å². The Balaban J connectivity index is 2.47. The van der Waals surface area contributed by atoms with E-state index in [1.165, 1.54) is 11.3 Å². The summed E-state index contributed by atoms with van der Waals surface area (Å²) in [5.74, 6) is 0.557. The summed E-state index contributed by atoms with van der Waals surface area (Å²) in [6, 6.07) is 4.12. The van der Waals surface area contributed by atoms with Gasteiger partial charge in [-0.2, -0.15) is 0 Å². The molecule has 0 fully saturated rings. The van der Waals surface area contributed by atoms with Crippen LogP contribution in [0.3, 0.4) is 0 Å². The molecule has 1 aromatic heterocycles. The highest BCUT2D eigenvalue weighted by Crippen LogP contribution is 2.09. The molecule has 1 heterocycles. The maximum Gasteiger partial charge on any atom is 0.261 e. The van der Waals surface area contributed by atoms with Gasteiger partial charge in [0.05, 0.1) is 4.88 Å². The van der Waals surface area contributed by atoms with Crippen molar-refractivity contribution in [3.63, 3.8) is 0 Å². The van der Waals surface area contributed by atoms with Gasteiger partial charge < -0.3 is 10.2 Å². The highest BCUT2D eigenvalue weighted by atomic mass is 32.1. The van der Waals surface area contributed by atoms with Gasteiger partial charge in [0.15, 0.2) is 0 Å². The van der Waals surface area contributed by atoms with Gasteiger partial charge in [0.25, 0.3) is 5.91 Å². The van der Waals surface area contributed by atoms with Crippen molar-refractivity contribution in [2.45, 2.75) is 19.9 Å². The van der Waals surface area contributed by atoms with Crippen LogP contribution in [0.25, 0.3) is 0 Å². The van der Waals surface area contributed by atoms with Gasteiger partial charge in [0.2, 0.25) is 0 Å². The minimum Gasteiger partial charge on any atom is -0.350 e. The zero-order chi connectivity index (χ0) is 12.1. The summed E-state index contributed by atoms with van der Waals surface area (Å²) in [4.78, 5) is 14.7. The quantitative estimate of drug-likeness (QED) is 0.854. The number of rotatable bonds is 5. The second-order valence-corrected chi connectivity index (χ2v) is 5.41. The number of hydrogen-bond acceptors (Lipinski definition) is 3. The first-order chi connectivity index (χ1) is 7.52. The lowest BCUT2D eigenvalue weighted by molar-refractivity contribution is 0.0939. The van der Waals surface area contributed by atoms with E-state index in [2.05, 4.69) is 24.1 Å². The van der Waals surface area contributed by atoms with E-state index in [1.807, 2.05) is 31.6 Å². The number of likely N-dealkylation sites (N-methyl/N-ethyl adjacent to an activating group) is 1. The Hall–Kier alpha value is -0.870. The number of hydrogen-bond donors (Lipinski definition) is 1. The molecule has 0 saturated heterocycles. The second kappa shape index (κ2) is 6.01. The Morgan fingerprint density at radius 3 is 2.62 bits per heavy atom. The SMILES string of the molecule is CC(C)C(CNC(=O)c1cccs1)N(C)C. The fraction of sp³-hybridized carbons (Fsp3) is 0.583. The number of carbonyl (C=O) groups is 1. The Kier molecular flexibility index (Phi) is 4.96. The van der Waals surface area contributed by atoms with Crippen molar-refractivity contribution < 1.29 is 4.79 Å². The van der Waals surface area contributed by atoms with Crippen molar-refractivity contribution in [1.29, 1.82) is 0 Å². The number of thiophene rings is 1. The molecule has 0 aliphatic carbocycles. The smallest absolute Gasteiger partial charge is 0.261 e. The van der Waals surface area contributed by atoms with Gasteiger partial charge in [-0.25, -0.2) is 0 Å². The molecule has 1 amide bonds. The first-order valence-corrected chi connectivity index (χ1v) is 6.38. The molecular formula is C12H20N2OS. The van der Waals surface area contributed by atoms with E-state index in [-0.39, 0.29) is 5.91 Å². The van der Waals surface area contributed by atoms with Gasteiger partial charge in [0, 0.05) is 12.6 Å². The Morgan fingerprint density at radius 2 is 2.19 bits per heavy atom. The molecule has 1 unspecified atom stereocenters. The molecule has 0 aromatic carbocycles. The zero-order valence-electron chi connectivity index (χ0n) is 10.4. The minimum atomic E-state index is 0.0301. The van der Waals surface area contributed by atoms with Crippen molar-refractivity contribution in [3.8, 4) is 0 Å². The first kappa shape index (κ1) is 13.2. The molecule has 0 aliphatic heterocycles. The molecule has 16 heavy (non-hydrogen) atoms. The standard InChI is InChI=1S/C12H20N2OS/c1-9(2)10(14(3)4)8-13-12(15)11-6-5-7-16-11/h5-7,9-10H,8H2,1-4H3,(H,13,15). The van der Waals surface area contributed by atoms with Gasteiger partial charge in [0.1, 0.15) is 0 Å². The Labute approximate surface area is 101 Å². The van der Waals surface area contributed by atoms with Crippen molar-refractivity contribution in [3.05, 3.63) is 22.4 Å². The largest absolute Gasteiger partial charge is 0.350 e. The fourth-order valence-electron chi connectivity index (χ4n) is 1.71. The Bertz CT molecular complexity index is 312. The number of carbonyl (C=O) groups excluding carboxylic acids is 1. The zero-order valence-corrected chi connectivity index (χ0v) is 11.2. The maximum atomic E-state index is 11.7. The fourth-order valence-corrected chi connectivity index (χ4v) is 2.35. The van der Waals surface area contributed by atoms with Gasteiger partial charge in [-0.05, 0) is 31.5 Å². The predicted octanol–water partition coefficient (Wildman–Crippen LogP) is 2.06. The van der Waals surface area contributed by atoms with Crippen molar-refractivity contribution in [2.75, 3.05) is 20.6 Å². The van der Waals surface area contributed by atoms with Gasteiger partial charge >= 0.3 is 0 Å². The topological polar surface area (TPSA) is 32.3 Å². The molecule has 3 nitrogen and oxygen atoms in total. The van der Waals surface area contributed by atoms with E-state index in [0.717, 1.165) is 4.88 Å². The third-order valence-electron chi connectivity index (χ3n) is 2.65. The third-order valence-corrected chi connectivity index (χ3v) is 3.52. The van der Waals surface area contributed by atoms with E-state index in [9.17, 15) is 4.79 Å². The van der Waals surface area contributed by atoms with Crippen LogP contribution in [0.2, 0.25) is 0 Å². The van der Waals surface area contributed by atoms with Crippen LogP contribution in [0.1, 0.15) is 23.5 Å². The lowest BCUT2D eigenvalue weighted by atomic mass is 10.0. The molecule has 1 N–H and O–H groups in total. The van der Waals surface area contributed by atoms with E-state index >= 15 is 0 Å². The van der Waals surface area contributed by atoms with Crippen LogP contribution < -0.4 is 5.32 Å². The van der Waals surface area contributed by atoms with Crippen molar-refractivity contribution in [2.24, 2.45) is 5.92 Å². The predicted molar refractivity (Wildman–Crippen MR) is 69.0 cm³/mol. The van der Waals surface area contributed by atoms with Crippen LogP contribution in [-0.4, -0.2) is 37.5 Å². The summed E-state index contributed by atoms with van der Waals surface area (Å²) >= 11 is 1.47. The summed E-state index contributed by atoms with van der Waals surface area (Å²) in [7, 11) is 4.09. The summed E-state index contributed by atoms with van der Waals surface area (Å²) < 4.78 is 0. The van der Waals surface area contributed by atoms with Crippen LogP contribution >= 0.6 is 11.3 Å². The molecule has 90 valence electrons. The molecule has 0 saturated carbocycles. The second-order valence-electron chi connectivity index (χ2n) is 4.46. The third kappa shape index (κ3) is 3.61. The normalized spacial score (nSPS) is 13.1. The number of nitrogens with one attached hydrogen (secondary N) is 1. The minimum absolute atomic E-state index is 0.0301. The number of nitrogens with zero attached hydrogens (tertiary/aromatic N) is 1. The van der Waals surface area contributed by atoms with Crippen LogP contribution in [0.5, 0.6) is 0 Å². The van der Waals surface area contributed by atoms with Gasteiger partial charge in [-0.3, -0.25) is 4.79 Å². The lowest BCUT2D eigenvalue weighted by Gasteiger charge is -2.27. The molecule has 4 heteroatoms. The molecule has 1 aromatic rings. The first-order valence-electron chi connectivity index (χ1n) is 5.50. The number of amides is 1. The average Bonchev–Trinajstić information content (AvgIpc) is 2.69. The highest BCUT2D eigenvalue weighted by Gasteiger charge is 2.17. The summed E-state index contributed by atoms with van der Waals surface area (Å²) in [6.07, 6.45) is 0. The molecule has 0 spiro atoms. The molecule has 0 radical (unpaired) electrons. The van der Waals surface area contributed by atoms with E-state index in [4.69, 9.17) is 0 Å². The van der Waals surface area contributed by atoms with E-state index in [1.54, 1.807) is 0 Å².